The van der Waals surface area contributed by atoms with Crippen molar-refractivity contribution in [1.82, 2.24) is 5.32 Å². The molecule has 0 saturated carbocycles. The minimum atomic E-state index is -0.234. The van der Waals surface area contributed by atoms with E-state index in [0.29, 0.717) is 5.56 Å². The van der Waals surface area contributed by atoms with E-state index in [1.807, 2.05) is 46.9 Å². The number of carbonyl (C=O) groups is 1. The van der Waals surface area contributed by atoms with Crippen LogP contribution in [0.15, 0.2) is 42.5 Å². The first kappa shape index (κ1) is 15.8. The third-order valence-corrected chi connectivity index (χ3v) is 3.88. The van der Waals surface area contributed by atoms with E-state index in [0.717, 1.165) is 27.9 Å². The molecule has 0 aliphatic rings. The Labute approximate surface area is 137 Å². The largest absolute Gasteiger partial charge is 0.507 e. The Morgan fingerprint density at radius 3 is 2.76 bits per heavy atom. The lowest BCUT2D eigenvalue weighted by atomic mass is 10.1. The quantitative estimate of drug-likeness (QED) is 0.680. The van der Waals surface area contributed by atoms with E-state index in [-0.39, 0.29) is 11.7 Å². The second-order valence-electron chi connectivity index (χ2n) is 4.60. The van der Waals surface area contributed by atoms with E-state index in [1.54, 1.807) is 12.1 Å². The summed E-state index contributed by atoms with van der Waals surface area (Å²) in [5, 5.41) is 15.7. The number of hydrogen-bond acceptors (Lipinski definition) is 3. The second-order valence-corrected chi connectivity index (χ2v) is 5.76. The molecule has 0 aliphatic carbocycles. The van der Waals surface area contributed by atoms with Gasteiger partial charge in [0.15, 0.2) is 0 Å². The van der Waals surface area contributed by atoms with Crippen LogP contribution in [0, 0.1) is 3.57 Å². The highest BCUT2D eigenvalue weighted by atomic mass is 127. The highest BCUT2D eigenvalue weighted by Gasteiger charge is 2.08. The number of phenols is 1. The van der Waals surface area contributed by atoms with Gasteiger partial charge < -0.3 is 15.7 Å². The van der Waals surface area contributed by atoms with Crippen LogP contribution in [0.2, 0.25) is 0 Å². The van der Waals surface area contributed by atoms with Gasteiger partial charge in [0.2, 0.25) is 0 Å². The van der Waals surface area contributed by atoms with Crippen molar-refractivity contribution in [2.24, 2.45) is 0 Å². The molecule has 0 spiro atoms. The molecule has 2 aromatic rings. The van der Waals surface area contributed by atoms with Gasteiger partial charge in [-0.2, -0.15) is 0 Å². The minimum Gasteiger partial charge on any atom is -0.507 e. The molecule has 0 aliphatic heterocycles. The zero-order chi connectivity index (χ0) is 15.2. The molecule has 110 valence electrons. The second kappa shape index (κ2) is 7.42. The molecule has 0 atom stereocenters. The number of anilines is 1. The van der Waals surface area contributed by atoms with Gasteiger partial charge in [-0.1, -0.05) is 19.1 Å². The summed E-state index contributed by atoms with van der Waals surface area (Å²) in [6, 6.07) is 12.6. The minimum absolute atomic E-state index is 0.115. The maximum Gasteiger partial charge on any atom is 0.255 e. The zero-order valence-corrected chi connectivity index (χ0v) is 13.8. The van der Waals surface area contributed by atoms with Gasteiger partial charge in [-0.3, -0.25) is 4.79 Å². The topological polar surface area (TPSA) is 61.4 Å². The van der Waals surface area contributed by atoms with Crippen LogP contribution in [0.3, 0.4) is 0 Å². The molecule has 4 nitrogen and oxygen atoms in total. The average molecular weight is 396 g/mol. The summed E-state index contributed by atoms with van der Waals surface area (Å²) >= 11 is 2.02. The maximum atomic E-state index is 12.2. The van der Waals surface area contributed by atoms with E-state index in [1.165, 1.54) is 6.07 Å². The molecule has 0 aromatic heterocycles. The van der Waals surface area contributed by atoms with Crippen LogP contribution in [0.4, 0.5) is 5.69 Å². The Kier molecular flexibility index (Phi) is 5.58. The SMILES string of the molecule is CCNCc1cccc(NC(=O)c2ccc(I)c(O)c2)c1. The fraction of sp³-hybridized carbons (Fsp3) is 0.188. The number of phenolic OH excluding ortho intramolecular Hbond substituents is 1. The molecule has 3 N–H and O–H groups in total. The first-order valence-corrected chi connectivity index (χ1v) is 7.77. The van der Waals surface area contributed by atoms with Gasteiger partial charge in [0, 0.05) is 17.8 Å². The molecule has 0 heterocycles. The van der Waals surface area contributed by atoms with Gasteiger partial charge >= 0.3 is 0 Å². The van der Waals surface area contributed by atoms with Crippen molar-refractivity contribution in [2.45, 2.75) is 13.5 Å². The van der Waals surface area contributed by atoms with Crippen LogP contribution in [0.1, 0.15) is 22.8 Å². The number of carbonyl (C=O) groups excluding carboxylic acids is 1. The zero-order valence-electron chi connectivity index (χ0n) is 11.7. The van der Waals surface area contributed by atoms with E-state index < -0.39 is 0 Å². The number of hydrogen-bond donors (Lipinski definition) is 3. The Morgan fingerprint density at radius 2 is 2.05 bits per heavy atom. The molecule has 5 heteroatoms. The highest BCUT2D eigenvalue weighted by Crippen LogP contribution is 2.21. The summed E-state index contributed by atoms with van der Waals surface area (Å²) in [6.07, 6.45) is 0. The fourth-order valence-electron chi connectivity index (χ4n) is 1.89. The summed E-state index contributed by atoms with van der Waals surface area (Å²) in [5.41, 5.74) is 2.29. The van der Waals surface area contributed by atoms with Crippen molar-refractivity contribution in [3.05, 3.63) is 57.2 Å². The number of amides is 1. The van der Waals surface area contributed by atoms with Crippen molar-refractivity contribution in [1.29, 1.82) is 0 Å². The summed E-state index contributed by atoms with van der Waals surface area (Å²) in [4.78, 5) is 12.2. The number of halogens is 1. The molecular weight excluding hydrogens is 379 g/mol. The van der Waals surface area contributed by atoms with E-state index in [2.05, 4.69) is 17.6 Å². The van der Waals surface area contributed by atoms with Crippen molar-refractivity contribution in [3.63, 3.8) is 0 Å². The lowest BCUT2D eigenvalue weighted by Gasteiger charge is -2.08. The Morgan fingerprint density at radius 1 is 1.24 bits per heavy atom. The number of benzene rings is 2. The third-order valence-electron chi connectivity index (χ3n) is 2.97. The molecule has 0 unspecified atom stereocenters. The molecule has 0 bridgehead atoms. The molecular formula is C16H17IN2O2. The molecule has 2 aromatic carbocycles. The van der Waals surface area contributed by atoms with Crippen LogP contribution >= 0.6 is 22.6 Å². The fourth-order valence-corrected chi connectivity index (χ4v) is 2.22. The Bertz CT molecular complexity index is 644. The van der Waals surface area contributed by atoms with Crippen LogP contribution in [0.5, 0.6) is 5.75 Å². The highest BCUT2D eigenvalue weighted by molar-refractivity contribution is 14.1. The predicted octanol–water partition coefficient (Wildman–Crippen LogP) is 3.36. The monoisotopic (exact) mass is 396 g/mol. The van der Waals surface area contributed by atoms with E-state index in [4.69, 9.17) is 0 Å². The standard InChI is InChI=1S/C16H17IN2O2/c1-2-18-10-11-4-3-5-13(8-11)19-16(21)12-6-7-14(17)15(20)9-12/h3-9,18,20H,2,10H2,1H3,(H,19,21). The van der Waals surface area contributed by atoms with Gasteiger partial charge in [0.1, 0.15) is 5.75 Å². The van der Waals surface area contributed by atoms with Gasteiger partial charge in [0.25, 0.3) is 5.91 Å². The van der Waals surface area contributed by atoms with Crippen molar-refractivity contribution >= 4 is 34.2 Å². The average Bonchev–Trinajstić information content (AvgIpc) is 2.48. The molecule has 2 rings (SSSR count). The summed E-state index contributed by atoms with van der Waals surface area (Å²) in [7, 11) is 0. The Hall–Kier alpha value is -1.60. The van der Waals surface area contributed by atoms with Crippen LogP contribution in [0.25, 0.3) is 0 Å². The lowest BCUT2D eigenvalue weighted by molar-refractivity contribution is 0.102. The molecule has 21 heavy (non-hydrogen) atoms. The smallest absolute Gasteiger partial charge is 0.255 e. The van der Waals surface area contributed by atoms with Gasteiger partial charge in [-0.25, -0.2) is 0 Å². The first-order chi connectivity index (χ1) is 10.1. The first-order valence-electron chi connectivity index (χ1n) is 6.69. The van der Waals surface area contributed by atoms with Gasteiger partial charge in [0.05, 0.1) is 3.57 Å². The number of rotatable bonds is 5. The number of nitrogens with one attached hydrogen (secondary N) is 2. The molecule has 0 radical (unpaired) electrons. The summed E-state index contributed by atoms with van der Waals surface area (Å²) in [6.45, 7) is 3.72. The van der Waals surface area contributed by atoms with Gasteiger partial charge in [-0.15, -0.1) is 0 Å². The third kappa shape index (κ3) is 4.44. The van der Waals surface area contributed by atoms with E-state index >= 15 is 0 Å². The predicted molar refractivity (Wildman–Crippen MR) is 92.6 cm³/mol. The van der Waals surface area contributed by atoms with Crippen LogP contribution < -0.4 is 10.6 Å². The van der Waals surface area contributed by atoms with Crippen molar-refractivity contribution in [3.8, 4) is 5.75 Å². The van der Waals surface area contributed by atoms with Crippen molar-refractivity contribution in [2.75, 3.05) is 11.9 Å². The Balaban J connectivity index is 2.10. The van der Waals surface area contributed by atoms with Crippen LogP contribution in [-0.4, -0.2) is 17.6 Å². The summed E-state index contributed by atoms with van der Waals surface area (Å²) in [5.74, 6) is -0.119. The maximum absolute atomic E-state index is 12.2. The van der Waals surface area contributed by atoms with Gasteiger partial charge in [-0.05, 0) is 65.0 Å². The molecule has 1 amide bonds. The normalized spacial score (nSPS) is 10.4. The number of aromatic hydroxyl groups is 1. The summed E-state index contributed by atoms with van der Waals surface area (Å²) < 4.78 is 0.719. The van der Waals surface area contributed by atoms with Crippen molar-refractivity contribution < 1.29 is 9.90 Å². The van der Waals surface area contributed by atoms with E-state index in [9.17, 15) is 9.90 Å². The van der Waals surface area contributed by atoms with Crippen LogP contribution in [-0.2, 0) is 6.54 Å². The molecule has 0 saturated heterocycles. The molecule has 0 fully saturated rings. The lowest BCUT2D eigenvalue weighted by Crippen LogP contribution is -2.14.